The van der Waals surface area contributed by atoms with Gasteiger partial charge in [0.15, 0.2) is 0 Å². The molecule has 0 aromatic heterocycles. The van der Waals surface area contributed by atoms with Crippen molar-refractivity contribution in [3.05, 3.63) is 29.3 Å². The van der Waals surface area contributed by atoms with Crippen LogP contribution in [0.15, 0.2) is 24.3 Å². The van der Waals surface area contributed by atoms with E-state index in [2.05, 4.69) is 10.2 Å². The van der Waals surface area contributed by atoms with Crippen LogP contribution in [0, 0.1) is 11.8 Å². The van der Waals surface area contributed by atoms with Gasteiger partial charge in [-0.15, -0.1) is 0 Å². The second kappa shape index (κ2) is 8.84. The van der Waals surface area contributed by atoms with E-state index in [4.69, 9.17) is 16.3 Å². The minimum absolute atomic E-state index is 0.0635. The number of likely N-dealkylation sites (tertiary alicyclic amines) is 1. The highest BCUT2D eigenvalue weighted by Gasteiger charge is 2.24. The van der Waals surface area contributed by atoms with Crippen molar-refractivity contribution in [3.63, 3.8) is 0 Å². The summed E-state index contributed by atoms with van der Waals surface area (Å²) in [5.41, 5.74) is 0.706. The average molecular weight is 351 g/mol. The number of para-hydroxylation sites is 1. The number of carbonyl (C=O) groups is 1. The zero-order valence-electron chi connectivity index (χ0n) is 14.2. The molecule has 2 aliphatic rings. The van der Waals surface area contributed by atoms with Crippen LogP contribution in [-0.2, 0) is 9.53 Å². The number of benzene rings is 1. The molecule has 0 radical (unpaired) electrons. The Hall–Kier alpha value is -1.10. The van der Waals surface area contributed by atoms with Crippen LogP contribution in [0.5, 0.6) is 0 Å². The Morgan fingerprint density at radius 3 is 2.71 bits per heavy atom. The summed E-state index contributed by atoms with van der Waals surface area (Å²) in [6.07, 6.45) is 5.16. The summed E-state index contributed by atoms with van der Waals surface area (Å²) in [5, 5.41) is 3.50. The summed E-state index contributed by atoms with van der Waals surface area (Å²) >= 11 is 6.07. The van der Waals surface area contributed by atoms with Gasteiger partial charge in [0, 0.05) is 19.6 Å². The topological polar surface area (TPSA) is 41.6 Å². The Labute approximate surface area is 149 Å². The minimum Gasteiger partial charge on any atom is -0.381 e. The van der Waals surface area contributed by atoms with Crippen molar-refractivity contribution >= 4 is 23.2 Å². The summed E-state index contributed by atoms with van der Waals surface area (Å²) < 4.78 is 5.46. The van der Waals surface area contributed by atoms with E-state index >= 15 is 0 Å². The van der Waals surface area contributed by atoms with Gasteiger partial charge in [-0.25, -0.2) is 0 Å². The predicted octanol–water partition coefficient (Wildman–Crippen LogP) is 3.81. The molecular weight excluding hydrogens is 324 g/mol. The van der Waals surface area contributed by atoms with Gasteiger partial charge in [-0.1, -0.05) is 23.7 Å². The number of amides is 1. The van der Waals surface area contributed by atoms with Crippen molar-refractivity contribution in [1.29, 1.82) is 0 Å². The zero-order valence-corrected chi connectivity index (χ0v) is 14.9. The molecule has 1 N–H and O–H groups in total. The molecule has 0 aliphatic carbocycles. The molecule has 5 heteroatoms. The normalized spacial score (nSPS) is 22.6. The minimum atomic E-state index is 0.0635. The molecule has 0 spiro atoms. The number of rotatable bonds is 6. The molecule has 4 nitrogen and oxygen atoms in total. The van der Waals surface area contributed by atoms with Crippen molar-refractivity contribution in [2.75, 3.05) is 38.2 Å². The lowest BCUT2D eigenvalue weighted by Gasteiger charge is -2.33. The number of anilines is 1. The van der Waals surface area contributed by atoms with Crippen molar-refractivity contribution in [3.8, 4) is 0 Å². The first-order valence-corrected chi connectivity index (χ1v) is 9.43. The summed E-state index contributed by atoms with van der Waals surface area (Å²) in [4.78, 5) is 14.7. The van der Waals surface area contributed by atoms with E-state index in [-0.39, 0.29) is 5.91 Å². The van der Waals surface area contributed by atoms with E-state index in [0.29, 0.717) is 23.0 Å². The average Bonchev–Trinajstić information content (AvgIpc) is 3.09. The molecule has 1 amide bonds. The van der Waals surface area contributed by atoms with Gasteiger partial charge < -0.3 is 15.0 Å². The van der Waals surface area contributed by atoms with Gasteiger partial charge in [-0.3, -0.25) is 4.79 Å². The number of carbonyl (C=O) groups excluding carboxylic acids is 1. The quantitative estimate of drug-likeness (QED) is 0.848. The summed E-state index contributed by atoms with van der Waals surface area (Å²) in [6.45, 7) is 5.37. The highest BCUT2D eigenvalue weighted by atomic mass is 35.5. The van der Waals surface area contributed by atoms with Gasteiger partial charge in [0.05, 0.1) is 17.3 Å². The van der Waals surface area contributed by atoms with Gasteiger partial charge in [-0.05, 0) is 62.7 Å². The molecule has 132 valence electrons. The fourth-order valence-electron chi connectivity index (χ4n) is 3.66. The smallest absolute Gasteiger partial charge is 0.224 e. The van der Waals surface area contributed by atoms with Crippen LogP contribution in [0.2, 0.25) is 5.02 Å². The van der Waals surface area contributed by atoms with Crippen molar-refractivity contribution in [2.45, 2.75) is 32.1 Å². The van der Waals surface area contributed by atoms with Crippen LogP contribution in [0.4, 0.5) is 5.69 Å². The van der Waals surface area contributed by atoms with Gasteiger partial charge in [0.2, 0.25) is 5.91 Å². The monoisotopic (exact) mass is 350 g/mol. The van der Waals surface area contributed by atoms with Gasteiger partial charge in [-0.2, -0.15) is 0 Å². The molecule has 0 saturated carbocycles. The van der Waals surface area contributed by atoms with Crippen LogP contribution < -0.4 is 5.32 Å². The number of hydrogen-bond acceptors (Lipinski definition) is 3. The highest BCUT2D eigenvalue weighted by Crippen LogP contribution is 2.25. The van der Waals surface area contributed by atoms with Crippen molar-refractivity contribution in [1.82, 2.24) is 4.90 Å². The second-order valence-corrected chi connectivity index (χ2v) is 7.45. The first-order chi connectivity index (χ1) is 11.7. The molecule has 1 aromatic carbocycles. The lowest BCUT2D eigenvalue weighted by Crippen LogP contribution is -2.37. The van der Waals surface area contributed by atoms with Crippen LogP contribution >= 0.6 is 11.6 Å². The zero-order chi connectivity index (χ0) is 16.8. The Morgan fingerprint density at radius 2 is 2.00 bits per heavy atom. The largest absolute Gasteiger partial charge is 0.381 e. The fourth-order valence-corrected chi connectivity index (χ4v) is 3.84. The second-order valence-electron chi connectivity index (χ2n) is 7.04. The number of ether oxygens (including phenoxy) is 1. The van der Waals surface area contributed by atoms with Gasteiger partial charge >= 0.3 is 0 Å². The number of halogens is 1. The molecule has 0 bridgehead atoms. The van der Waals surface area contributed by atoms with Crippen LogP contribution in [-0.4, -0.2) is 43.7 Å². The Kier molecular flexibility index (Phi) is 6.52. The molecule has 3 rings (SSSR count). The number of nitrogens with one attached hydrogen (secondary N) is 1. The molecule has 1 atom stereocenters. The number of nitrogens with zero attached hydrogens (tertiary/aromatic N) is 1. The predicted molar refractivity (Wildman–Crippen MR) is 97.4 cm³/mol. The maximum atomic E-state index is 12.1. The SMILES string of the molecule is O=C(CCC1CCN(CC2CCOC2)CC1)Nc1ccccc1Cl. The third kappa shape index (κ3) is 5.20. The Morgan fingerprint density at radius 1 is 1.21 bits per heavy atom. The van der Waals surface area contributed by atoms with Crippen LogP contribution in [0.25, 0.3) is 0 Å². The van der Waals surface area contributed by atoms with Crippen molar-refractivity contribution in [2.24, 2.45) is 11.8 Å². The Balaban J connectivity index is 1.34. The molecule has 2 heterocycles. The third-order valence-corrected chi connectivity index (χ3v) is 5.50. The van der Waals surface area contributed by atoms with E-state index < -0.39 is 0 Å². The molecule has 1 unspecified atom stereocenters. The Bertz CT molecular complexity index is 538. The maximum absolute atomic E-state index is 12.1. The highest BCUT2D eigenvalue weighted by molar-refractivity contribution is 6.33. The fraction of sp³-hybridized carbons (Fsp3) is 0.632. The molecule has 1 aromatic rings. The molecule has 2 saturated heterocycles. The van der Waals surface area contributed by atoms with Crippen molar-refractivity contribution < 1.29 is 9.53 Å². The molecule has 2 fully saturated rings. The van der Waals surface area contributed by atoms with Crippen LogP contribution in [0.1, 0.15) is 32.1 Å². The standard InChI is InChI=1S/C19H27ClN2O2/c20-17-3-1-2-4-18(17)21-19(23)6-5-15-7-10-22(11-8-15)13-16-9-12-24-14-16/h1-4,15-16H,5-14H2,(H,21,23). The number of piperidine rings is 1. The van der Waals surface area contributed by atoms with Crippen LogP contribution in [0.3, 0.4) is 0 Å². The lowest BCUT2D eigenvalue weighted by atomic mass is 9.91. The first kappa shape index (κ1) is 17.7. The third-order valence-electron chi connectivity index (χ3n) is 5.18. The van der Waals surface area contributed by atoms with Gasteiger partial charge in [0.25, 0.3) is 0 Å². The maximum Gasteiger partial charge on any atom is 0.224 e. The van der Waals surface area contributed by atoms with E-state index in [9.17, 15) is 4.79 Å². The molecular formula is C19H27ClN2O2. The molecule has 2 aliphatic heterocycles. The first-order valence-electron chi connectivity index (χ1n) is 9.05. The lowest BCUT2D eigenvalue weighted by molar-refractivity contribution is -0.116. The number of hydrogen-bond donors (Lipinski definition) is 1. The summed E-state index contributed by atoms with van der Waals surface area (Å²) in [5.74, 6) is 1.45. The van der Waals surface area contributed by atoms with Gasteiger partial charge in [0.1, 0.15) is 0 Å². The summed E-state index contributed by atoms with van der Waals surface area (Å²) in [7, 11) is 0. The molecule has 24 heavy (non-hydrogen) atoms. The summed E-state index contributed by atoms with van der Waals surface area (Å²) in [6, 6.07) is 7.38. The van der Waals surface area contributed by atoms with E-state index in [1.54, 1.807) is 6.07 Å². The van der Waals surface area contributed by atoms with E-state index in [1.807, 2.05) is 18.2 Å². The van der Waals surface area contributed by atoms with E-state index in [1.165, 1.54) is 25.8 Å². The van der Waals surface area contributed by atoms with E-state index in [0.717, 1.165) is 38.6 Å².